The Labute approximate surface area is 154 Å². The van der Waals surface area contributed by atoms with E-state index in [4.69, 9.17) is 5.11 Å². The number of aliphatic hydroxyl groups is 2. The zero-order chi connectivity index (χ0) is 16.6. The molecule has 3 N–H and O–H groups in total. The van der Waals surface area contributed by atoms with Crippen molar-refractivity contribution in [3.8, 4) is 0 Å². The monoisotopic (exact) mass is 324 g/mol. The van der Waals surface area contributed by atoms with Crippen LogP contribution in [0.5, 0.6) is 0 Å². The second kappa shape index (κ2) is 18.3. The van der Waals surface area contributed by atoms with E-state index in [1.807, 2.05) is 0 Å². The number of unbranched alkanes of at least 4 members (excludes halogenated alkanes) is 6. The van der Waals surface area contributed by atoms with Gasteiger partial charge < -0.3 is 15.3 Å². The second-order valence-electron chi connectivity index (χ2n) is 6.43. The van der Waals surface area contributed by atoms with E-state index in [0.29, 0.717) is 12.8 Å². The Hall–Kier alpha value is -0.0126. The van der Waals surface area contributed by atoms with Crippen molar-refractivity contribution in [2.45, 2.75) is 109 Å². The fourth-order valence-corrected chi connectivity index (χ4v) is 2.69. The van der Waals surface area contributed by atoms with E-state index in [-0.39, 0.29) is 37.5 Å². The third kappa shape index (κ3) is 19.9. The first-order chi connectivity index (χ1) is 10.6. The van der Waals surface area contributed by atoms with Crippen LogP contribution in [0.4, 0.5) is 0 Å². The molecule has 2 atom stereocenters. The molecule has 0 fully saturated rings. The number of carbonyl (C=O) groups is 1. The van der Waals surface area contributed by atoms with Gasteiger partial charge in [-0.3, -0.25) is 4.79 Å². The molecule has 0 saturated heterocycles. The maximum absolute atomic E-state index is 10.4. The minimum absolute atomic E-state index is 0. The molecule has 0 rings (SSSR count). The number of aliphatic hydroxyl groups excluding tert-OH is 2. The zero-order valence-electron chi connectivity index (χ0n) is 14.3. The molecule has 0 aromatic heterocycles. The van der Waals surface area contributed by atoms with Crippen LogP contribution >= 0.6 is 0 Å². The summed E-state index contributed by atoms with van der Waals surface area (Å²) in [6.45, 7) is 2.19. The van der Waals surface area contributed by atoms with Crippen LogP contribution in [0.2, 0.25) is 0 Å². The molecule has 0 saturated carbocycles. The number of hydrogen-bond donors (Lipinski definition) is 3. The molecule has 0 heterocycles. The predicted molar refractivity (Wildman–Crippen MR) is 97.1 cm³/mol. The van der Waals surface area contributed by atoms with Crippen LogP contribution < -0.4 is 0 Å². The molecule has 0 aliphatic carbocycles. The Morgan fingerprint density at radius 2 is 1.13 bits per heavy atom. The van der Waals surface area contributed by atoms with Crippen LogP contribution in [0.1, 0.15) is 96.8 Å². The third-order valence-corrected chi connectivity index (χ3v) is 4.14. The number of hydrogen-bond acceptors (Lipinski definition) is 3. The second-order valence-corrected chi connectivity index (χ2v) is 6.43. The Kier molecular flexibility index (Phi) is 20.1. The van der Waals surface area contributed by atoms with Gasteiger partial charge in [0.25, 0.3) is 0 Å². The summed E-state index contributed by atoms with van der Waals surface area (Å²) in [5, 5.41) is 28.2. The van der Waals surface area contributed by atoms with Crippen molar-refractivity contribution in [3.63, 3.8) is 0 Å². The number of aliphatic carboxylic acids is 1. The first kappa shape index (κ1) is 25.2. The summed E-state index contributed by atoms with van der Waals surface area (Å²) < 4.78 is 0. The standard InChI is InChI=1S/C18H36O4.Li.H/c1-2-3-4-6-11-16(19)12-7-5-8-13-17(20)14-9-10-15-18(21)22;;/h16-17,19-20H,2-15H2,1H3,(H,21,22);;. The Balaban J connectivity index is 0. The van der Waals surface area contributed by atoms with Crippen molar-refractivity contribution in [2.24, 2.45) is 0 Å². The summed E-state index contributed by atoms with van der Waals surface area (Å²) in [5.41, 5.74) is 0. The number of rotatable bonds is 16. The SMILES string of the molecule is CCCCCCC(O)CCCCCC(O)CCCCC(=O)O.[LiH]. The molecule has 0 aliphatic heterocycles. The van der Waals surface area contributed by atoms with Gasteiger partial charge in [0.05, 0.1) is 12.2 Å². The van der Waals surface area contributed by atoms with Gasteiger partial charge in [-0.25, -0.2) is 0 Å². The predicted octanol–water partition coefficient (Wildman–Crippen LogP) is 3.63. The van der Waals surface area contributed by atoms with Crippen molar-refractivity contribution in [1.82, 2.24) is 0 Å². The summed E-state index contributed by atoms with van der Waals surface area (Å²) in [6, 6.07) is 0. The molecule has 0 aromatic rings. The van der Waals surface area contributed by atoms with E-state index in [1.54, 1.807) is 0 Å². The minimum atomic E-state index is -0.761. The maximum atomic E-state index is 10.4. The molecule has 0 aliphatic rings. The van der Waals surface area contributed by atoms with E-state index in [9.17, 15) is 15.0 Å². The molecule has 0 bridgehead atoms. The van der Waals surface area contributed by atoms with Gasteiger partial charge in [-0.05, 0) is 32.1 Å². The van der Waals surface area contributed by atoms with E-state index in [0.717, 1.165) is 51.4 Å². The van der Waals surface area contributed by atoms with Crippen molar-refractivity contribution in [1.29, 1.82) is 0 Å². The molecule has 2 unspecified atom stereocenters. The quantitative estimate of drug-likeness (QED) is 0.299. The van der Waals surface area contributed by atoms with E-state index >= 15 is 0 Å². The molecule has 0 amide bonds. The fourth-order valence-electron chi connectivity index (χ4n) is 2.69. The zero-order valence-corrected chi connectivity index (χ0v) is 14.3. The van der Waals surface area contributed by atoms with E-state index in [1.165, 1.54) is 19.3 Å². The summed E-state index contributed by atoms with van der Waals surface area (Å²) >= 11 is 0. The van der Waals surface area contributed by atoms with Gasteiger partial charge in [0, 0.05) is 6.42 Å². The number of carboxylic acids is 1. The van der Waals surface area contributed by atoms with Crippen LogP contribution in [0, 0.1) is 0 Å². The van der Waals surface area contributed by atoms with Crippen LogP contribution in [-0.4, -0.2) is 52.4 Å². The fraction of sp³-hybridized carbons (Fsp3) is 0.944. The van der Waals surface area contributed by atoms with Gasteiger partial charge in [-0.1, -0.05) is 58.3 Å². The van der Waals surface area contributed by atoms with E-state index in [2.05, 4.69) is 6.92 Å². The van der Waals surface area contributed by atoms with Crippen LogP contribution in [0.3, 0.4) is 0 Å². The first-order valence-corrected chi connectivity index (χ1v) is 9.14. The van der Waals surface area contributed by atoms with Crippen molar-refractivity contribution >= 4 is 24.8 Å². The summed E-state index contributed by atoms with van der Waals surface area (Å²) in [4.78, 5) is 10.4. The Bertz CT molecular complexity index is 261. The van der Waals surface area contributed by atoms with Crippen LogP contribution in [-0.2, 0) is 4.79 Å². The molecule has 23 heavy (non-hydrogen) atoms. The topological polar surface area (TPSA) is 77.8 Å². The average molecular weight is 324 g/mol. The van der Waals surface area contributed by atoms with Gasteiger partial charge in [-0.15, -0.1) is 0 Å². The number of carboxylic acid groups (broad SMARTS) is 1. The van der Waals surface area contributed by atoms with Crippen molar-refractivity contribution in [3.05, 3.63) is 0 Å². The normalized spacial score (nSPS) is 13.3. The molecular formula is C18H37LiO4. The van der Waals surface area contributed by atoms with Crippen LogP contribution in [0.15, 0.2) is 0 Å². The van der Waals surface area contributed by atoms with Crippen molar-refractivity contribution in [2.75, 3.05) is 0 Å². The molecular weight excluding hydrogens is 287 g/mol. The van der Waals surface area contributed by atoms with Gasteiger partial charge in [0.15, 0.2) is 0 Å². The van der Waals surface area contributed by atoms with Gasteiger partial charge >= 0.3 is 24.8 Å². The molecule has 0 spiro atoms. The molecule has 0 aromatic carbocycles. The molecule has 0 radical (unpaired) electrons. The van der Waals surface area contributed by atoms with Gasteiger partial charge in [0.1, 0.15) is 0 Å². The summed E-state index contributed by atoms with van der Waals surface area (Å²) in [6.07, 6.45) is 12.4. The summed E-state index contributed by atoms with van der Waals surface area (Å²) in [7, 11) is 0. The Morgan fingerprint density at radius 1 is 0.739 bits per heavy atom. The van der Waals surface area contributed by atoms with Crippen LogP contribution in [0.25, 0.3) is 0 Å². The van der Waals surface area contributed by atoms with E-state index < -0.39 is 5.97 Å². The molecule has 4 nitrogen and oxygen atoms in total. The average Bonchev–Trinajstić information content (AvgIpc) is 2.47. The van der Waals surface area contributed by atoms with Crippen molar-refractivity contribution < 1.29 is 20.1 Å². The first-order valence-electron chi connectivity index (χ1n) is 9.14. The third-order valence-electron chi connectivity index (χ3n) is 4.14. The van der Waals surface area contributed by atoms with Gasteiger partial charge in [-0.2, -0.15) is 0 Å². The molecule has 5 heteroatoms. The Morgan fingerprint density at radius 3 is 1.52 bits per heavy atom. The molecule has 134 valence electrons. The van der Waals surface area contributed by atoms with Gasteiger partial charge in [0.2, 0.25) is 0 Å². The summed E-state index contributed by atoms with van der Waals surface area (Å²) in [5.74, 6) is -0.761.